The second kappa shape index (κ2) is 82.0. The third-order valence-corrected chi connectivity index (χ3v) is 17.2. The van der Waals surface area contributed by atoms with E-state index in [1.165, 1.54) is 330 Å². The minimum Gasteiger partial charge on any atom is -0.469 e. The number of carbonyl (C=O) groups is 5. The van der Waals surface area contributed by atoms with Crippen molar-refractivity contribution < 1.29 is 42.9 Å². The van der Waals surface area contributed by atoms with Crippen LogP contribution in [0.15, 0.2) is 24.3 Å². The Balaban J connectivity index is -0.000000536. The SMILES string of the molecule is CCCCCCCC/C=C/CCCCCCCC(=O)OC.CCCCCCCC/C=C\CCCCCCCC(=O)OC.CCCCCCCCCC(C)(C=O)CCCCCCCCC(=O)OC.CCCCCCCCCCCCCCCCCC(=O)OC. The van der Waals surface area contributed by atoms with Crippen LogP contribution in [0.5, 0.6) is 0 Å². The molecule has 0 saturated carbocycles. The lowest BCUT2D eigenvalue weighted by molar-refractivity contribution is -0.141. The third-order valence-electron chi connectivity index (χ3n) is 17.2. The van der Waals surface area contributed by atoms with Crippen molar-refractivity contribution in [1.82, 2.24) is 0 Å². The average molecular weight is 1250 g/mol. The van der Waals surface area contributed by atoms with Crippen LogP contribution in [0, 0.1) is 5.41 Å². The Morgan fingerprint density at radius 2 is 0.409 bits per heavy atom. The molecule has 1 atom stereocenters. The van der Waals surface area contributed by atoms with Crippen LogP contribution in [0.2, 0.25) is 0 Å². The first-order valence-electron chi connectivity index (χ1n) is 38.0. The second-order valence-corrected chi connectivity index (χ2v) is 25.9. The summed E-state index contributed by atoms with van der Waals surface area (Å²) < 4.78 is 18.5. The highest BCUT2D eigenvalue weighted by atomic mass is 16.5. The van der Waals surface area contributed by atoms with Crippen molar-refractivity contribution in [2.75, 3.05) is 28.4 Å². The fraction of sp³-hybridized carbons (Fsp3) is 0.886. The fourth-order valence-electron chi connectivity index (χ4n) is 11.0. The highest BCUT2D eigenvalue weighted by molar-refractivity contribution is 5.70. The number of carbonyl (C=O) groups excluding carboxylic acids is 5. The van der Waals surface area contributed by atoms with E-state index in [1.54, 1.807) is 0 Å². The maximum absolute atomic E-state index is 11.5. The molecule has 0 spiro atoms. The molecule has 0 bridgehead atoms. The van der Waals surface area contributed by atoms with Gasteiger partial charge in [0.15, 0.2) is 0 Å². The molecule has 0 aromatic carbocycles. The maximum Gasteiger partial charge on any atom is 0.305 e. The van der Waals surface area contributed by atoms with Gasteiger partial charge in [0.2, 0.25) is 0 Å². The van der Waals surface area contributed by atoms with Gasteiger partial charge in [-0.2, -0.15) is 0 Å². The van der Waals surface area contributed by atoms with Gasteiger partial charge in [-0.05, 0) is 89.9 Å². The molecule has 9 nitrogen and oxygen atoms in total. The Bertz CT molecular complexity index is 1410. The number of hydrogen-bond donors (Lipinski definition) is 0. The molecule has 0 aliphatic heterocycles. The lowest BCUT2D eigenvalue weighted by Crippen LogP contribution is -2.18. The van der Waals surface area contributed by atoms with Gasteiger partial charge in [0, 0.05) is 31.1 Å². The van der Waals surface area contributed by atoms with Gasteiger partial charge in [0.1, 0.15) is 6.29 Å². The maximum atomic E-state index is 11.5. The number of esters is 4. The lowest BCUT2D eigenvalue weighted by atomic mass is 9.81. The molecule has 0 saturated heterocycles. The van der Waals surface area contributed by atoms with E-state index >= 15 is 0 Å². The topological polar surface area (TPSA) is 122 Å². The van der Waals surface area contributed by atoms with E-state index in [4.69, 9.17) is 0 Å². The molecule has 1 unspecified atom stereocenters. The lowest BCUT2D eigenvalue weighted by Gasteiger charge is -2.23. The van der Waals surface area contributed by atoms with E-state index in [0.717, 1.165) is 64.2 Å². The molecular weight excluding hydrogens is 1090 g/mol. The van der Waals surface area contributed by atoms with Gasteiger partial charge < -0.3 is 23.7 Å². The minimum atomic E-state index is -0.117. The Morgan fingerprint density at radius 3 is 0.580 bits per heavy atom. The zero-order valence-corrected chi connectivity index (χ0v) is 60.5. The number of ether oxygens (including phenoxy) is 4. The first kappa shape index (κ1) is 91.4. The summed E-state index contributed by atoms with van der Waals surface area (Å²) in [6.07, 6.45) is 84.6. The van der Waals surface area contributed by atoms with Gasteiger partial charge in [0.25, 0.3) is 0 Å². The summed E-state index contributed by atoms with van der Waals surface area (Å²) in [6, 6.07) is 0. The molecule has 0 fully saturated rings. The molecule has 0 heterocycles. The van der Waals surface area contributed by atoms with Crippen LogP contribution in [0.4, 0.5) is 0 Å². The fourth-order valence-corrected chi connectivity index (χ4v) is 11.0. The molecule has 0 aliphatic carbocycles. The van der Waals surface area contributed by atoms with Crippen LogP contribution in [-0.4, -0.2) is 58.6 Å². The second-order valence-electron chi connectivity index (χ2n) is 25.9. The van der Waals surface area contributed by atoms with Crippen molar-refractivity contribution in [3.63, 3.8) is 0 Å². The van der Waals surface area contributed by atoms with Gasteiger partial charge in [-0.1, -0.05) is 329 Å². The number of methoxy groups -OCH3 is 4. The standard InChI is InChI=1S/C22H42O3.C19H38O2.2C19H36O2/c1-4-5-6-7-9-12-15-18-22(2,20-23)19-16-13-10-8-11-14-17-21(24)25-3;3*1-3-4-5-6-7-8-9-10-11-12-13-14-15-16-17-18-19(20)21-2/h20H,4-19H2,1-3H3;3-18H2,1-2H3;2*10-11H,3-9,12-18H2,1-2H3/b;;11-10+;11-10-. The Labute approximate surface area is 548 Å². The molecule has 522 valence electrons. The molecule has 0 amide bonds. The summed E-state index contributed by atoms with van der Waals surface area (Å²) in [6.45, 7) is 11.2. The monoisotopic (exact) mass is 1250 g/mol. The summed E-state index contributed by atoms with van der Waals surface area (Å²) in [5.74, 6) is -0.322. The quantitative estimate of drug-likeness (QED) is 0.0193. The highest BCUT2D eigenvalue weighted by Crippen LogP contribution is 2.29. The van der Waals surface area contributed by atoms with Crippen molar-refractivity contribution >= 4 is 30.2 Å². The number of rotatable bonds is 64. The van der Waals surface area contributed by atoms with Gasteiger partial charge >= 0.3 is 23.9 Å². The summed E-state index contributed by atoms with van der Waals surface area (Å²) in [5, 5.41) is 0. The predicted molar refractivity (Wildman–Crippen MR) is 380 cm³/mol. The van der Waals surface area contributed by atoms with Crippen molar-refractivity contribution in [1.29, 1.82) is 0 Å². The van der Waals surface area contributed by atoms with E-state index < -0.39 is 0 Å². The molecule has 0 aliphatic rings. The van der Waals surface area contributed by atoms with Gasteiger partial charge in [0.05, 0.1) is 28.4 Å². The molecule has 0 N–H and O–H groups in total. The third kappa shape index (κ3) is 85.1. The number of unbranched alkanes of at least 4 members (excludes halogenated alkanes) is 47. The van der Waals surface area contributed by atoms with Crippen LogP contribution in [0.1, 0.15) is 420 Å². The Morgan fingerprint density at radius 1 is 0.250 bits per heavy atom. The zero-order chi connectivity index (χ0) is 65.6. The van der Waals surface area contributed by atoms with Gasteiger partial charge in [-0.3, -0.25) is 19.2 Å². The minimum absolute atomic E-state index is 0.0651. The van der Waals surface area contributed by atoms with Gasteiger partial charge in [-0.25, -0.2) is 0 Å². The normalized spacial score (nSPS) is 11.7. The van der Waals surface area contributed by atoms with E-state index in [-0.39, 0.29) is 29.3 Å². The van der Waals surface area contributed by atoms with Crippen LogP contribution >= 0.6 is 0 Å². The van der Waals surface area contributed by atoms with Crippen LogP contribution in [0.3, 0.4) is 0 Å². The van der Waals surface area contributed by atoms with Gasteiger partial charge in [-0.15, -0.1) is 0 Å². The van der Waals surface area contributed by atoms with Crippen LogP contribution in [0.25, 0.3) is 0 Å². The summed E-state index contributed by atoms with van der Waals surface area (Å²) >= 11 is 0. The van der Waals surface area contributed by atoms with E-state index in [2.05, 4.69) is 77.9 Å². The summed E-state index contributed by atoms with van der Waals surface area (Å²) in [4.78, 5) is 55.2. The molecule has 0 rings (SSSR count). The van der Waals surface area contributed by atoms with Crippen LogP contribution < -0.4 is 0 Å². The van der Waals surface area contributed by atoms with E-state index in [0.29, 0.717) is 25.7 Å². The highest BCUT2D eigenvalue weighted by Gasteiger charge is 2.22. The smallest absolute Gasteiger partial charge is 0.305 e. The number of aldehydes is 1. The first-order chi connectivity index (χ1) is 43.0. The molecular formula is C79H152O9. The predicted octanol–water partition coefficient (Wildman–Crippen LogP) is 25.4. The molecule has 9 heteroatoms. The summed E-state index contributed by atoms with van der Waals surface area (Å²) in [7, 11) is 5.83. The molecule has 88 heavy (non-hydrogen) atoms. The first-order valence-corrected chi connectivity index (χ1v) is 38.0. The summed E-state index contributed by atoms with van der Waals surface area (Å²) in [5.41, 5.74) is -0.117. The van der Waals surface area contributed by atoms with Crippen molar-refractivity contribution in [2.45, 2.75) is 420 Å². The average Bonchev–Trinajstić information content (AvgIpc) is 3.57. The van der Waals surface area contributed by atoms with Crippen molar-refractivity contribution in [3.8, 4) is 0 Å². The Hall–Kier alpha value is -2.97. The molecule has 0 aromatic heterocycles. The molecule has 0 aromatic rings. The van der Waals surface area contributed by atoms with E-state index in [1.807, 2.05) is 0 Å². The molecule has 0 radical (unpaired) electrons. The Kier molecular flexibility index (Phi) is 85.3. The van der Waals surface area contributed by atoms with Crippen molar-refractivity contribution in [3.05, 3.63) is 24.3 Å². The largest absolute Gasteiger partial charge is 0.469 e. The van der Waals surface area contributed by atoms with E-state index in [9.17, 15) is 24.0 Å². The zero-order valence-electron chi connectivity index (χ0n) is 60.5. The van der Waals surface area contributed by atoms with Crippen LogP contribution in [-0.2, 0) is 42.9 Å². The number of hydrogen-bond acceptors (Lipinski definition) is 9. The van der Waals surface area contributed by atoms with Crippen molar-refractivity contribution in [2.24, 2.45) is 5.41 Å². The number of allylic oxidation sites excluding steroid dienone is 4.